The molecule has 118 valence electrons. The molecule has 0 bridgehead atoms. The minimum absolute atomic E-state index is 0.432. The zero-order valence-electron chi connectivity index (χ0n) is 14.0. The first kappa shape index (κ1) is 16.3. The first-order valence-electron chi connectivity index (χ1n) is 8.18. The smallest absolute Gasteiger partial charge is 0.0550 e. The van der Waals surface area contributed by atoms with E-state index < -0.39 is 0 Å². The van der Waals surface area contributed by atoms with Crippen molar-refractivity contribution in [2.75, 3.05) is 38.7 Å². The molecule has 1 heterocycles. The summed E-state index contributed by atoms with van der Waals surface area (Å²) < 4.78 is 5.65. The summed E-state index contributed by atoms with van der Waals surface area (Å²) in [6.07, 6.45) is 2.85. The Morgan fingerprint density at radius 3 is 2.48 bits per heavy atom. The highest BCUT2D eigenvalue weighted by molar-refractivity contribution is 5.45. The maximum Gasteiger partial charge on any atom is 0.0550 e. The van der Waals surface area contributed by atoms with Crippen LogP contribution in [0.2, 0.25) is 0 Å². The van der Waals surface area contributed by atoms with Crippen molar-refractivity contribution in [2.45, 2.75) is 39.3 Å². The van der Waals surface area contributed by atoms with Gasteiger partial charge in [0.05, 0.1) is 6.10 Å². The molecule has 21 heavy (non-hydrogen) atoms. The average molecular weight is 290 g/mol. The lowest BCUT2D eigenvalue weighted by molar-refractivity contribution is -0.00578. The molecule has 1 fully saturated rings. The Morgan fingerprint density at radius 1 is 1.19 bits per heavy atom. The summed E-state index contributed by atoms with van der Waals surface area (Å²) in [5, 5.41) is 0. The Labute approximate surface area is 129 Å². The summed E-state index contributed by atoms with van der Waals surface area (Å²) in [6.45, 7) is 8.75. The number of ether oxygens (including phenoxy) is 1. The van der Waals surface area contributed by atoms with Gasteiger partial charge in [-0.15, -0.1) is 0 Å². The summed E-state index contributed by atoms with van der Waals surface area (Å²) in [7, 11) is 4.17. The van der Waals surface area contributed by atoms with Gasteiger partial charge in [0.1, 0.15) is 0 Å². The van der Waals surface area contributed by atoms with Crippen LogP contribution in [0, 0.1) is 5.92 Å². The molecule has 0 N–H and O–H groups in total. The predicted molar refractivity (Wildman–Crippen MR) is 89.9 cm³/mol. The standard InChI is InChI=1S/C18H30N2O/c1-5-20(14-17-10-11-21-15(2)12-17)13-16-6-8-18(9-7-16)19(3)4/h6-9,15,17H,5,10-14H2,1-4H3. The molecule has 1 aliphatic heterocycles. The number of anilines is 1. The van der Waals surface area contributed by atoms with E-state index in [1.807, 2.05) is 0 Å². The molecular weight excluding hydrogens is 260 g/mol. The van der Waals surface area contributed by atoms with Crippen LogP contribution in [0.5, 0.6) is 0 Å². The molecule has 0 aliphatic carbocycles. The van der Waals surface area contributed by atoms with E-state index in [9.17, 15) is 0 Å². The second-order valence-electron chi connectivity index (χ2n) is 6.46. The highest BCUT2D eigenvalue weighted by Crippen LogP contribution is 2.22. The maximum absolute atomic E-state index is 5.65. The SMILES string of the molecule is CCN(Cc1ccc(N(C)C)cc1)CC1CCOC(C)C1. The van der Waals surface area contributed by atoms with Crippen LogP contribution in [-0.4, -0.2) is 44.8 Å². The Balaban J connectivity index is 1.89. The van der Waals surface area contributed by atoms with Crippen molar-refractivity contribution in [3.05, 3.63) is 29.8 Å². The molecule has 2 unspecified atom stereocenters. The van der Waals surface area contributed by atoms with Gasteiger partial charge in [0, 0.05) is 39.5 Å². The topological polar surface area (TPSA) is 15.7 Å². The summed E-state index contributed by atoms with van der Waals surface area (Å²) in [4.78, 5) is 4.71. The molecular formula is C18H30N2O. The normalized spacial score (nSPS) is 22.5. The van der Waals surface area contributed by atoms with Crippen molar-refractivity contribution in [2.24, 2.45) is 5.92 Å². The molecule has 3 nitrogen and oxygen atoms in total. The molecule has 1 aromatic rings. The van der Waals surface area contributed by atoms with Gasteiger partial charge in [0.2, 0.25) is 0 Å². The first-order valence-corrected chi connectivity index (χ1v) is 8.18. The molecule has 1 aromatic carbocycles. The average Bonchev–Trinajstić information content (AvgIpc) is 2.47. The quantitative estimate of drug-likeness (QED) is 0.798. The van der Waals surface area contributed by atoms with Gasteiger partial charge < -0.3 is 9.64 Å². The van der Waals surface area contributed by atoms with E-state index in [-0.39, 0.29) is 0 Å². The fourth-order valence-corrected chi connectivity index (χ4v) is 3.09. The van der Waals surface area contributed by atoms with Crippen molar-refractivity contribution in [1.82, 2.24) is 4.90 Å². The third kappa shape index (κ3) is 5.01. The molecule has 1 saturated heterocycles. The Morgan fingerprint density at radius 2 is 1.90 bits per heavy atom. The fourth-order valence-electron chi connectivity index (χ4n) is 3.09. The van der Waals surface area contributed by atoms with Crippen LogP contribution >= 0.6 is 0 Å². The van der Waals surface area contributed by atoms with Crippen molar-refractivity contribution >= 4 is 5.69 Å². The number of hydrogen-bond donors (Lipinski definition) is 0. The number of nitrogens with zero attached hydrogens (tertiary/aromatic N) is 2. The van der Waals surface area contributed by atoms with E-state index in [0.29, 0.717) is 6.10 Å². The van der Waals surface area contributed by atoms with Crippen LogP contribution in [0.3, 0.4) is 0 Å². The van der Waals surface area contributed by atoms with Gasteiger partial charge in [-0.2, -0.15) is 0 Å². The Bertz CT molecular complexity index is 416. The van der Waals surface area contributed by atoms with E-state index in [1.54, 1.807) is 0 Å². The minimum Gasteiger partial charge on any atom is -0.378 e. The van der Waals surface area contributed by atoms with Crippen LogP contribution in [0.15, 0.2) is 24.3 Å². The number of hydrogen-bond acceptors (Lipinski definition) is 3. The van der Waals surface area contributed by atoms with Gasteiger partial charge in [-0.1, -0.05) is 19.1 Å². The Hall–Kier alpha value is -1.06. The van der Waals surface area contributed by atoms with Crippen molar-refractivity contribution in [1.29, 1.82) is 0 Å². The number of benzene rings is 1. The van der Waals surface area contributed by atoms with Crippen LogP contribution in [0.1, 0.15) is 32.3 Å². The lowest BCUT2D eigenvalue weighted by Gasteiger charge is -2.32. The molecule has 0 saturated carbocycles. The van der Waals surface area contributed by atoms with Crippen molar-refractivity contribution in [3.63, 3.8) is 0 Å². The van der Waals surface area contributed by atoms with E-state index in [2.05, 4.69) is 62.0 Å². The van der Waals surface area contributed by atoms with Crippen LogP contribution in [-0.2, 0) is 11.3 Å². The summed E-state index contributed by atoms with van der Waals surface area (Å²) in [6, 6.07) is 8.93. The van der Waals surface area contributed by atoms with E-state index in [4.69, 9.17) is 4.74 Å². The monoisotopic (exact) mass is 290 g/mol. The molecule has 2 atom stereocenters. The van der Waals surface area contributed by atoms with Crippen molar-refractivity contribution < 1.29 is 4.74 Å². The van der Waals surface area contributed by atoms with Crippen LogP contribution in [0.25, 0.3) is 0 Å². The summed E-state index contributed by atoms with van der Waals surface area (Å²) >= 11 is 0. The zero-order valence-corrected chi connectivity index (χ0v) is 14.0. The van der Waals surface area contributed by atoms with E-state index in [1.165, 1.54) is 30.6 Å². The van der Waals surface area contributed by atoms with Crippen molar-refractivity contribution in [3.8, 4) is 0 Å². The lowest BCUT2D eigenvalue weighted by atomic mass is 9.95. The van der Waals surface area contributed by atoms with Crippen LogP contribution < -0.4 is 4.90 Å². The first-order chi connectivity index (χ1) is 10.1. The van der Waals surface area contributed by atoms with E-state index >= 15 is 0 Å². The lowest BCUT2D eigenvalue weighted by Crippen LogP contribution is -2.34. The summed E-state index contributed by atoms with van der Waals surface area (Å²) in [5.74, 6) is 0.787. The minimum atomic E-state index is 0.432. The second kappa shape index (κ2) is 7.81. The molecule has 0 radical (unpaired) electrons. The highest BCUT2D eigenvalue weighted by Gasteiger charge is 2.21. The molecule has 2 rings (SSSR count). The maximum atomic E-state index is 5.65. The largest absolute Gasteiger partial charge is 0.378 e. The third-order valence-corrected chi connectivity index (χ3v) is 4.42. The fraction of sp³-hybridized carbons (Fsp3) is 0.667. The molecule has 0 amide bonds. The van der Waals surface area contributed by atoms with Gasteiger partial charge in [-0.25, -0.2) is 0 Å². The van der Waals surface area contributed by atoms with Gasteiger partial charge in [-0.3, -0.25) is 4.90 Å². The van der Waals surface area contributed by atoms with E-state index in [0.717, 1.165) is 25.6 Å². The second-order valence-corrected chi connectivity index (χ2v) is 6.46. The third-order valence-electron chi connectivity index (χ3n) is 4.42. The van der Waals surface area contributed by atoms with Gasteiger partial charge >= 0.3 is 0 Å². The Kier molecular flexibility index (Phi) is 6.07. The molecule has 3 heteroatoms. The zero-order chi connectivity index (χ0) is 15.2. The molecule has 0 aromatic heterocycles. The van der Waals surface area contributed by atoms with Gasteiger partial charge in [-0.05, 0) is 49.9 Å². The predicted octanol–water partition coefficient (Wildman–Crippen LogP) is 3.39. The highest BCUT2D eigenvalue weighted by atomic mass is 16.5. The molecule has 1 aliphatic rings. The van der Waals surface area contributed by atoms with Gasteiger partial charge in [0.25, 0.3) is 0 Å². The summed E-state index contributed by atoms with van der Waals surface area (Å²) in [5.41, 5.74) is 2.67. The molecule has 0 spiro atoms. The van der Waals surface area contributed by atoms with Crippen LogP contribution in [0.4, 0.5) is 5.69 Å². The number of rotatable bonds is 6. The van der Waals surface area contributed by atoms with Gasteiger partial charge in [0.15, 0.2) is 0 Å².